The van der Waals surface area contributed by atoms with Gasteiger partial charge in [0.2, 0.25) is 11.8 Å². The second-order valence-electron chi connectivity index (χ2n) is 4.94. The summed E-state index contributed by atoms with van der Waals surface area (Å²) in [5.41, 5.74) is 1.30. The Morgan fingerprint density at radius 3 is 2.81 bits per heavy atom. The van der Waals surface area contributed by atoms with Gasteiger partial charge in [0.15, 0.2) is 0 Å². The van der Waals surface area contributed by atoms with Crippen molar-refractivity contribution in [1.82, 2.24) is 4.90 Å². The predicted molar refractivity (Wildman–Crippen MR) is 79.4 cm³/mol. The lowest BCUT2D eigenvalue weighted by Gasteiger charge is -2.14. The van der Waals surface area contributed by atoms with E-state index in [1.54, 1.807) is 10.3 Å². The van der Waals surface area contributed by atoms with E-state index >= 15 is 0 Å². The number of hydrogen-bond acceptors (Lipinski definition) is 5. The van der Waals surface area contributed by atoms with E-state index in [1.165, 1.54) is 18.4 Å². The number of thiophene rings is 1. The van der Waals surface area contributed by atoms with E-state index in [-0.39, 0.29) is 24.2 Å². The zero-order valence-corrected chi connectivity index (χ0v) is 13.1. The summed E-state index contributed by atoms with van der Waals surface area (Å²) in [5, 5.41) is 4.56. The van der Waals surface area contributed by atoms with Gasteiger partial charge in [-0.15, -0.1) is 11.3 Å². The fourth-order valence-electron chi connectivity index (χ4n) is 2.32. The van der Waals surface area contributed by atoms with Crippen LogP contribution in [0.4, 0.5) is 5.69 Å². The molecule has 1 saturated heterocycles. The standard InChI is InChI=1S/C14H18N2O4S/c1-4-16-6-9(5-10(16)17)13(18)15-11-8(2)7-21-12(11)14(19)20-3/h7,9H,4-6H2,1-3H3,(H,15,18). The highest BCUT2D eigenvalue weighted by Gasteiger charge is 2.34. The second kappa shape index (κ2) is 6.26. The Hall–Kier alpha value is -1.89. The van der Waals surface area contributed by atoms with Gasteiger partial charge in [-0.25, -0.2) is 4.79 Å². The summed E-state index contributed by atoms with van der Waals surface area (Å²) in [4.78, 5) is 37.7. The molecule has 1 fully saturated rings. The number of nitrogens with one attached hydrogen (secondary N) is 1. The van der Waals surface area contributed by atoms with Gasteiger partial charge in [0, 0.05) is 19.5 Å². The van der Waals surface area contributed by atoms with Crippen LogP contribution >= 0.6 is 11.3 Å². The Bertz CT molecular complexity index is 582. The third-order valence-electron chi connectivity index (χ3n) is 3.56. The molecule has 0 spiro atoms. The number of carbonyl (C=O) groups is 3. The number of likely N-dealkylation sites (tertiary alicyclic amines) is 1. The zero-order chi connectivity index (χ0) is 15.6. The van der Waals surface area contributed by atoms with E-state index in [1.807, 2.05) is 13.8 Å². The summed E-state index contributed by atoms with van der Waals surface area (Å²) in [6.07, 6.45) is 0.219. The molecule has 0 radical (unpaired) electrons. The number of anilines is 1. The molecule has 1 aliphatic rings. The van der Waals surface area contributed by atoms with Gasteiger partial charge in [-0.2, -0.15) is 0 Å². The topological polar surface area (TPSA) is 75.7 Å². The molecule has 2 rings (SSSR count). The van der Waals surface area contributed by atoms with Crippen LogP contribution in [-0.4, -0.2) is 42.9 Å². The van der Waals surface area contributed by atoms with Gasteiger partial charge in [0.1, 0.15) is 4.88 Å². The monoisotopic (exact) mass is 310 g/mol. The Kier molecular flexibility index (Phi) is 4.62. The molecule has 114 valence electrons. The minimum Gasteiger partial charge on any atom is -0.465 e. The molecule has 2 amide bonds. The molecule has 2 heterocycles. The molecule has 1 aromatic rings. The van der Waals surface area contributed by atoms with Gasteiger partial charge < -0.3 is 15.0 Å². The summed E-state index contributed by atoms with van der Waals surface area (Å²) >= 11 is 1.23. The third kappa shape index (κ3) is 3.07. The molecule has 7 heteroatoms. The highest BCUT2D eigenvalue weighted by molar-refractivity contribution is 7.12. The normalized spacial score (nSPS) is 18.0. The second-order valence-corrected chi connectivity index (χ2v) is 5.82. The van der Waals surface area contributed by atoms with Crippen molar-refractivity contribution < 1.29 is 19.1 Å². The van der Waals surface area contributed by atoms with E-state index in [0.717, 1.165) is 5.56 Å². The third-order valence-corrected chi connectivity index (χ3v) is 4.64. The molecule has 1 aromatic heterocycles. The molecule has 0 aromatic carbocycles. The van der Waals surface area contributed by atoms with Gasteiger partial charge in [-0.3, -0.25) is 9.59 Å². The number of ether oxygens (including phenoxy) is 1. The van der Waals surface area contributed by atoms with E-state index in [0.29, 0.717) is 23.7 Å². The number of amides is 2. The van der Waals surface area contributed by atoms with Crippen molar-refractivity contribution in [3.8, 4) is 0 Å². The minimum atomic E-state index is -0.471. The zero-order valence-electron chi connectivity index (χ0n) is 12.3. The van der Waals surface area contributed by atoms with E-state index in [4.69, 9.17) is 4.74 Å². The van der Waals surface area contributed by atoms with Crippen molar-refractivity contribution in [3.63, 3.8) is 0 Å². The smallest absolute Gasteiger partial charge is 0.350 e. The summed E-state index contributed by atoms with van der Waals surface area (Å²) in [6.45, 7) is 4.73. The predicted octanol–water partition coefficient (Wildman–Crippen LogP) is 1.65. The summed E-state index contributed by atoms with van der Waals surface area (Å²) in [5.74, 6) is -1.08. The van der Waals surface area contributed by atoms with Gasteiger partial charge in [0.05, 0.1) is 18.7 Å². The van der Waals surface area contributed by atoms with Crippen molar-refractivity contribution in [1.29, 1.82) is 0 Å². The quantitative estimate of drug-likeness (QED) is 0.858. The van der Waals surface area contributed by atoms with Crippen molar-refractivity contribution in [2.75, 3.05) is 25.5 Å². The Morgan fingerprint density at radius 2 is 2.24 bits per heavy atom. The van der Waals surface area contributed by atoms with Gasteiger partial charge >= 0.3 is 5.97 Å². The Labute approximate surface area is 127 Å². The van der Waals surface area contributed by atoms with Crippen LogP contribution in [-0.2, 0) is 14.3 Å². The molecule has 1 N–H and O–H groups in total. The summed E-state index contributed by atoms with van der Waals surface area (Å²) < 4.78 is 4.71. The summed E-state index contributed by atoms with van der Waals surface area (Å²) in [6, 6.07) is 0. The van der Waals surface area contributed by atoms with E-state index in [2.05, 4.69) is 5.32 Å². The highest BCUT2D eigenvalue weighted by atomic mass is 32.1. The number of carbonyl (C=O) groups excluding carboxylic acids is 3. The molecule has 0 bridgehead atoms. The Morgan fingerprint density at radius 1 is 1.52 bits per heavy atom. The molecular formula is C14H18N2O4S. The van der Waals surface area contributed by atoms with Crippen molar-refractivity contribution in [2.24, 2.45) is 5.92 Å². The summed E-state index contributed by atoms with van der Waals surface area (Å²) in [7, 11) is 1.30. The van der Waals surface area contributed by atoms with Gasteiger partial charge in [-0.1, -0.05) is 0 Å². The van der Waals surface area contributed by atoms with Crippen LogP contribution in [0, 0.1) is 12.8 Å². The van der Waals surface area contributed by atoms with Crippen LogP contribution < -0.4 is 5.32 Å². The molecule has 0 saturated carbocycles. The molecule has 1 unspecified atom stereocenters. The first-order chi connectivity index (χ1) is 9.97. The van der Waals surface area contributed by atoms with Crippen LogP contribution in [0.2, 0.25) is 0 Å². The van der Waals surface area contributed by atoms with Crippen molar-refractivity contribution in [3.05, 3.63) is 15.8 Å². The highest BCUT2D eigenvalue weighted by Crippen LogP contribution is 2.29. The number of esters is 1. The number of rotatable bonds is 4. The minimum absolute atomic E-state index is 0.00659. The molecule has 1 aliphatic heterocycles. The Balaban J connectivity index is 2.12. The lowest BCUT2D eigenvalue weighted by molar-refractivity contribution is -0.128. The van der Waals surface area contributed by atoms with Crippen LogP contribution in [0.5, 0.6) is 0 Å². The fraction of sp³-hybridized carbons (Fsp3) is 0.500. The maximum absolute atomic E-state index is 12.3. The van der Waals surface area contributed by atoms with E-state index < -0.39 is 5.97 Å². The van der Waals surface area contributed by atoms with Crippen LogP contribution in [0.1, 0.15) is 28.6 Å². The number of methoxy groups -OCH3 is 1. The first kappa shape index (κ1) is 15.5. The molecular weight excluding hydrogens is 292 g/mol. The lowest BCUT2D eigenvalue weighted by atomic mass is 10.1. The van der Waals surface area contributed by atoms with Crippen LogP contribution in [0.25, 0.3) is 0 Å². The number of aryl methyl sites for hydroxylation is 1. The van der Waals surface area contributed by atoms with Crippen molar-refractivity contribution in [2.45, 2.75) is 20.3 Å². The average molecular weight is 310 g/mol. The lowest BCUT2D eigenvalue weighted by Crippen LogP contribution is -2.28. The first-order valence-corrected chi connectivity index (χ1v) is 7.60. The first-order valence-electron chi connectivity index (χ1n) is 6.73. The average Bonchev–Trinajstić information content (AvgIpc) is 3.02. The molecule has 21 heavy (non-hydrogen) atoms. The van der Waals surface area contributed by atoms with E-state index in [9.17, 15) is 14.4 Å². The van der Waals surface area contributed by atoms with Crippen molar-refractivity contribution >= 4 is 34.8 Å². The fourth-order valence-corrected chi connectivity index (χ4v) is 3.24. The maximum atomic E-state index is 12.3. The molecule has 1 atom stereocenters. The maximum Gasteiger partial charge on any atom is 0.350 e. The number of hydrogen-bond donors (Lipinski definition) is 1. The van der Waals surface area contributed by atoms with Crippen LogP contribution in [0.3, 0.4) is 0 Å². The number of nitrogens with zero attached hydrogens (tertiary/aromatic N) is 1. The largest absolute Gasteiger partial charge is 0.465 e. The molecule has 0 aliphatic carbocycles. The molecule has 6 nitrogen and oxygen atoms in total. The van der Waals surface area contributed by atoms with Gasteiger partial charge in [-0.05, 0) is 24.8 Å². The SMILES string of the molecule is CCN1CC(C(=O)Nc2c(C)csc2C(=O)OC)CC1=O. The van der Waals surface area contributed by atoms with Crippen LogP contribution in [0.15, 0.2) is 5.38 Å². The van der Waals surface area contributed by atoms with Gasteiger partial charge in [0.25, 0.3) is 0 Å².